The number of Topliss-reactive ketones (excluding diaryl/α,β-unsaturated/α-hetero) is 3. The minimum absolute atomic E-state index is 0.000475. The lowest BCUT2D eigenvalue weighted by molar-refractivity contribution is -0.392. The van der Waals surface area contributed by atoms with Crippen molar-refractivity contribution >= 4 is 106 Å². The number of thioether (sulfide) groups is 1. The topological polar surface area (TPSA) is 580 Å². The van der Waals surface area contributed by atoms with Crippen molar-refractivity contribution in [3.63, 3.8) is 0 Å². The first kappa shape index (κ1) is 110. The lowest BCUT2D eigenvalue weighted by Crippen LogP contribution is -2.48. The van der Waals surface area contributed by atoms with Gasteiger partial charge in [0.25, 0.3) is 5.91 Å². The summed E-state index contributed by atoms with van der Waals surface area (Å²) in [6, 6.07) is 25.9. The highest BCUT2D eigenvalue weighted by Gasteiger charge is 2.48. The number of phosphoric ester groups is 4. The first-order valence-electron chi connectivity index (χ1n) is 42.6. The lowest BCUT2D eigenvalue weighted by atomic mass is 9.99. The molecule has 2 aliphatic heterocycles. The fourth-order valence-corrected chi connectivity index (χ4v) is 18.1. The minimum atomic E-state index is -4.89. The van der Waals surface area contributed by atoms with Gasteiger partial charge < -0.3 is 90.8 Å². The van der Waals surface area contributed by atoms with Gasteiger partial charge in [-0.1, -0.05) is 65.2 Å². The number of unbranched alkanes of at least 4 members (excludes halogenated alkanes) is 1. The summed E-state index contributed by atoms with van der Waals surface area (Å²) in [7, 11) is -8.18. The Morgan fingerprint density at radius 1 is 0.588 bits per heavy atom. The molecule has 2 aliphatic rings. The van der Waals surface area contributed by atoms with Crippen molar-refractivity contribution in [3.05, 3.63) is 163 Å². The highest BCUT2D eigenvalue weighted by Crippen LogP contribution is 2.51. The number of benzene rings is 6. The molecule has 0 unspecified atom stereocenters. The third-order valence-corrected chi connectivity index (χ3v) is 24.3. The third-order valence-electron chi connectivity index (χ3n) is 21.1. The molecule has 2 fully saturated rings. The summed E-state index contributed by atoms with van der Waals surface area (Å²) in [5.41, 5.74) is 3.75. The van der Waals surface area contributed by atoms with Crippen molar-refractivity contribution in [2.24, 2.45) is 17.8 Å². The van der Waals surface area contributed by atoms with Crippen LogP contribution in [0.5, 0.6) is 74.9 Å². The number of carbonyl (C=O) groups excluding carboxylic acids is 5. The van der Waals surface area contributed by atoms with Gasteiger partial charge in [-0.05, 0) is 106 Å². The molecule has 48 heteroatoms. The Labute approximate surface area is 788 Å². The predicted octanol–water partition coefficient (Wildman–Crippen LogP) is 14.2. The highest BCUT2D eigenvalue weighted by molar-refractivity contribution is 8.00. The number of aromatic nitrogens is 4. The van der Waals surface area contributed by atoms with E-state index in [1.54, 1.807) is 23.1 Å². The number of hydrogen-bond acceptors (Lipinski definition) is 30. The first-order chi connectivity index (χ1) is 63.9. The molecule has 9 aromatic rings. The van der Waals surface area contributed by atoms with Crippen molar-refractivity contribution in [1.29, 1.82) is 0 Å². The van der Waals surface area contributed by atoms with Crippen LogP contribution in [0.3, 0.4) is 0 Å². The number of para-hydroxylation sites is 2. The van der Waals surface area contributed by atoms with Crippen molar-refractivity contribution < 1.29 is 151 Å². The van der Waals surface area contributed by atoms with Crippen LogP contribution in [0.4, 0.5) is 16.3 Å². The first-order valence-corrected chi connectivity index (χ1v) is 49.7. The van der Waals surface area contributed by atoms with Crippen LogP contribution < -0.4 is 81.5 Å². The molecule has 11 rings (SSSR count). The molecule has 0 radical (unpaired) electrons. The molecular weight excluding hydrogens is 1880 g/mol. The minimum Gasteiger partial charge on any atom is -0.496 e. The summed E-state index contributed by atoms with van der Waals surface area (Å²) >= 11 is 1.84. The molecule has 3 aromatic heterocycles. The number of fused-ring (bicyclic) bond motifs is 3. The number of ether oxygens (including phenoxy) is 9. The monoisotopic (exact) mass is 2000 g/mol. The molecule has 136 heavy (non-hydrogen) atoms. The second kappa shape index (κ2) is 48.5. The molecule has 43 nitrogen and oxygen atoms in total. The second-order valence-corrected chi connectivity index (χ2v) is 38.7. The number of nitrogens with one attached hydrogen (secondary N) is 2. The van der Waals surface area contributed by atoms with E-state index < -0.39 is 47.7 Å². The lowest BCUT2D eigenvalue weighted by Gasteiger charge is -2.37. The van der Waals surface area contributed by atoms with Gasteiger partial charge in [0, 0.05) is 96.1 Å². The summed E-state index contributed by atoms with van der Waals surface area (Å²) in [4.78, 5) is 169. The number of quaternary nitrogens is 1. The number of carbonyl (C=O) groups is 5. The largest absolute Gasteiger partial charge is 0.525 e. The number of rotatable bonds is 44. The predicted molar refractivity (Wildman–Crippen MR) is 501 cm³/mol. The molecule has 742 valence electrons. The highest BCUT2D eigenvalue weighted by atomic mass is 32.2. The van der Waals surface area contributed by atoms with Gasteiger partial charge in [0.2, 0.25) is 11.6 Å². The Balaban J connectivity index is 0.000000224. The number of ketones is 3. The van der Waals surface area contributed by atoms with Gasteiger partial charge >= 0.3 is 48.8 Å². The molecule has 0 aliphatic carbocycles. The van der Waals surface area contributed by atoms with E-state index in [1.807, 2.05) is 91.4 Å². The zero-order valence-corrected chi connectivity index (χ0v) is 82.7. The van der Waals surface area contributed by atoms with Crippen LogP contribution in [0.1, 0.15) is 168 Å². The molecule has 0 bridgehead atoms. The number of amides is 3. The smallest absolute Gasteiger partial charge is 0.496 e. The number of nitro groups is 1. The van der Waals surface area contributed by atoms with Gasteiger partial charge in [-0.25, -0.2) is 37.8 Å². The summed E-state index contributed by atoms with van der Waals surface area (Å²) in [5.74, 6) is 1.33. The van der Waals surface area contributed by atoms with Gasteiger partial charge in [-0.2, -0.15) is 11.8 Å². The third kappa shape index (κ3) is 30.8. The van der Waals surface area contributed by atoms with Crippen LogP contribution in [-0.2, 0) is 49.3 Å². The zero-order chi connectivity index (χ0) is 101. The molecular formula is C88H116N9O34P4S+. The van der Waals surface area contributed by atoms with E-state index in [-0.39, 0.29) is 160 Å². The molecule has 2 saturated heterocycles. The van der Waals surface area contributed by atoms with Crippen LogP contribution in [0.25, 0.3) is 22.0 Å². The molecule has 10 N–H and O–H groups in total. The van der Waals surface area contributed by atoms with Crippen LogP contribution >= 0.6 is 43.1 Å². The summed E-state index contributed by atoms with van der Waals surface area (Å²) in [5, 5.41) is 22.2. The Kier molecular flexibility index (Phi) is 39.2. The summed E-state index contributed by atoms with van der Waals surface area (Å²) in [6.45, 7) is 21.0. The van der Waals surface area contributed by atoms with E-state index in [0.29, 0.717) is 116 Å². The van der Waals surface area contributed by atoms with E-state index >= 15 is 0 Å². The Morgan fingerprint density at radius 2 is 1.07 bits per heavy atom. The molecule has 0 spiro atoms. The van der Waals surface area contributed by atoms with Crippen molar-refractivity contribution in [1.82, 2.24) is 39.8 Å². The zero-order valence-electron chi connectivity index (χ0n) is 78.3. The Morgan fingerprint density at radius 3 is 1.53 bits per heavy atom. The average Bonchev–Trinajstić information content (AvgIpc) is 0.923. The summed E-state index contributed by atoms with van der Waals surface area (Å²) < 4.78 is 119. The Hall–Kier alpha value is -11.5. The van der Waals surface area contributed by atoms with Gasteiger partial charge in [0.15, 0.2) is 34.5 Å². The van der Waals surface area contributed by atoms with E-state index in [4.69, 9.17) is 80.9 Å². The van der Waals surface area contributed by atoms with Crippen molar-refractivity contribution in [3.8, 4) is 74.9 Å². The normalized spacial score (nSPS) is 14.3. The van der Waals surface area contributed by atoms with Crippen molar-refractivity contribution in [2.75, 3.05) is 75.7 Å². The van der Waals surface area contributed by atoms with E-state index in [9.17, 15) is 66.9 Å². The molecule has 6 aromatic carbocycles. The molecule has 3 atom stereocenters. The second-order valence-electron chi connectivity index (χ2n) is 32.7. The van der Waals surface area contributed by atoms with Crippen molar-refractivity contribution in [2.45, 2.75) is 164 Å². The van der Waals surface area contributed by atoms with Gasteiger partial charge in [-0.3, -0.25) is 62.8 Å². The SMILES string of the molecule is CC[N+](CC)(Cc1c(OC)cc(OP(=O)(O)O)cc1OC)c1ccc2cc(C(=O)NC(C)C)c(=O)oc2c1.COc1cc(Cn2nc(C(=O)CC(C)C)cc2[N+](=O)[O-])cc(OC)c1OP(=O)(O)O.COc1cc(OP(=O)(O)O)cc(OC)c1CN1C(=O)N[C@@H]2[C@H](CCCCC(=O)CC(C)C)SC[C@@H]21.COc1cc(OP(=O)(O)O)cc(OC)c1COc1nc2ccccc2nc1C(=O)CC(C)C. The maximum Gasteiger partial charge on any atom is 0.525 e. The van der Waals surface area contributed by atoms with Gasteiger partial charge in [-0.15, -0.1) is 4.68 Å². The van der Waals surface area contributed by atoms with Crippen LogP contribution in [0.15, 0.2) is 112 Å². The number of hydrogen-bond donors (Lipinski definition) is 10. The maximum absolute atomic E-state index is 12.9. The molecule has 3 amide bonds. The number of urea groups is 1. The standard InChI is InChI=1S/C26H33N2O9P.C23H35N2O8PS.C22H25N2O8P.C17H22N3O9P/c1-7-28(8-2,15-21-23(34-5)13-19(14-24(21)35-6)37-38(31,32)33)18-10-9-17-11-20(25(29)27-16(3)4)26(30)36-22(17)12-18;1-14(2)9-15(26)7-5-6-8-21-22-18(13-35-21)25(23(27)24-22)12-17-19(31-3)10-16(11-20(17)32-4)33-34(28,29)30;1-13(2)9-18(25)21-22(24-17-8-6-5-7-16(17)23-21)31-12-15-19(29-3)10-14(11-20(15)30-4)32-33(26,27)28;1-10(2)5-13(21)12-8-16(20(22)23)19(18-12)9-11-6-14(27-3)17(15(7-11)28-4)29-30(24,25)26/h9-14,16H,7-8,15H2,1-6H3,(H2-,27,29,31,32,33);10-11,14,18,21-22H,5-9,12-13H2,1-4H3,(H,24,27)(H2,28,29,30);5-8,10-11,13H,9,12H2,1-4H3,(H2,26,27,28);6-8,10H,5,9H2,1-4H3,(H2,24,25,26)/p+1/t;18-,21-,22-;;/m.0../s1. The number of phosphoric acid groups is 4. The molecule has 0 saturated carbocycles. The fourth-order valence-electron chi connectivity index (χ4n) is 14.9. The fraction of sp³-hybridized carbons (Fsp3) is 0.443. The maximum atomic E-state index is 12.9. The number of nitrogens with zero attached hydrogens (tertiary/aromatic N) is 7. The van der Waals surface area contributed by atoms with Gasteiger partial charge in [0.1, 0.15) is 94.1 Å². The van der Waals surface area contributed by atoms with Crippen LogP contribution in [-0.4, -0.2) is 197 Å². The Bertz CT molecular complexity index is 5930. The van der Waals surface area contributed by atoms with Crippen LogP contribution in [0.2, 0.25) is 0 Å². The van der Waals surface area contributed by atoms with Crippen LogP contribution in [0, 0.1) is 27.9 Å². The van der Waals surface area contributed by atoms with E-state index in [1.165, 1.54) is 111 Å². The molecule has 5 heterocycles. The number of methoxy groups -OCH3 is 8. The average molecular weight is 2000 g/mol. The van der Waals surface area contributed by atoms with E-state index in [2.05, 4.69) is 53.1 Å². The van der Waals surface area contributed by atoms with Gasteiger partial charge in [0.05, 0.1) is 122 Å². The summed E-state index contributed by atoms with van der Waals surface area (Å²) in [6.07, 6.45) is 4.49. The van der Waals surface area contributed by atoms with E-state index in [0.717, 1.165) is 41.5 Å². The quantitative estimate of drug-likeness (QED) is 0.00248.